The Hall–Kier alpha value is -3.01. The number of hydrogen-bond acceptors (Lipinski definition) is 7. The highest BCUT2D eigenvalue weighted by Gasteiger charge is 2.32. The van der Waals surface area contributed by atoms with Crippen molar-refractivity contribution in [3.8, 4) is 5.69 Å². The first kappa shape index (κ1) is 30.0. The Morgan fingerprint density at radius 3 is 2.30 bits per heavy atom. The van der Waals surface area contributed by atoms with Crippen LogP contribution in [0.2, 0.25) is 0 Å². The number of fused-ring (bicyclic) bond motifs is 1. The van der Waals surface area contributed by atoms with Gasteiger partial charge in [-0.2, -0.15) is 17.8 Å². The van der Waals surface area contributed by atoms with E-state index in [4.69, 9.17) is 0 Å². The third-order valence-electron chi connectivity index (χ3n) is 6.51. The van der Waals surface area contributed by atoms with Crippen LogP contribution in [-0.2, 0) is 25.0 Å². The number of halogens is 1. The Morgan fingerprint density at radius 1 is 1.10 bits per heavy atom. The molecule has 1 saturated carbocycles. The number of hydrogen-bond donors (Lipinski definition) is 2. The average molecular weight is 656 g/mol. The largest absolute Gasteiger partial charge is 0.354 e. The molecule has 4 rings (SSSR count). The third-order valence-corrected chi connectivity index (χ3v) is 9.66. The zero-order chi connectivity index (χ0) is 29.4. The normalized spacial score (nSPS) is 13.9. The summed E-state index contributed by atoms with van der Waals surface area (Å²) < 4.78 is 56.3. The van der Waals surface area contributed by atoms with Crippen LogP contribution in [0.15, 0.2) is 40.9 Å². The lowest BCUT2D eigenvalue weighted by Gasteiger charge is -2.25. The van der Waals surface area contributed by atoms with E-state index >= 15 is 0 Å². The Bertz CT molecular complexity index is 1670. The van der Waals surface area contributed by atoms with E-state index in [0.29, 0.717) is 28.0 Å². The minimum Gasteiger partial charge on any atom is -0.354 e. The second-order valence-electron chi connectivity index (χ2n) is 9.77. The maximum Gasteiger partial charge on any atom is 0.303 e. The number of aromatic nitrogens is 2. The number of amides is 2. The molecule has 216 valence electrons. The van der Waals surface area contributed by atoms with Crippen LogP contribution in [-0.4, -0.2) is 76.7 Å². The van der Waals surface area contributed by atoms with E-state index in [1.807, 2.05) is 35.1 Å². The molecule has 1 fully saturated rings. The minimum atomic E-state index is -3.94. The summed E-state index contributed by atoms with van der Waals surface area (Å²) in [6.07, 6.45) is 2.72. The highest BCUT2D eigenvalue weighted by molar-refractivity contribution is 9.10. The molecule has 0 saturated heterocycles. The van der Waals surface area contributed by atoms with Crippen LogP contribution >= 0.6 is 15.9 Å². The van der Waals surface area contributed by atoms with Gasteiger partial charge in [0.1, 0.15) is 5.69 Å². The van der Waals surface area contributed by atoms with Crippen molar-refractivity contribution in [3.05, 3.63) is 52.1 Å². The number of anilines is 1. The molecule has 12 nitrogen and oxygen atoms in total. The smallest absolute Gasteiger partial charge is 0.303 e. The van der Waals surface area contributed by atoms with Gasteiger partial charge in [0.25, 0.3) is 5.91 Å². The van der Waals surface area contributed by atoms with E-state index in [0.717, 1.165) is 33.4 Å². The fourth-order valence-electron chi connectivity index (χ4n) is 4.32. The molecular formula is C25H31BrN6O6S2. The summed E-state index contributed by atoms with van der Waals surface area (Å²) in [6.45, 7) is -0.0464. The number of carbonyl (C=O) groups is 2. The van der Waals surface area contributed by atoms with Crippen molar-refractivity contribution in [2.24, 2.45) is 0 Å². The van der Waals surface area contributed by atoms with E-state index in [2.05, 4.69) is 26.3 Å². The molecular weight excluding hydrogens is 624 g/mol. The molecule has 40 heavy (non-hydrogen) atoms. The maximum atomic E-state index is 13.0. The fourth-order valence-corrected chi connectivity index (χ4v) is 6.13. The van der Waals surface area contributed by atoms with Crippen LogP contribution in [0.1, 0.15) is 47.7 Å². The summed E-state index contributed by atoms with van der Waals surface area (Å²) in [5, 5.41) is 7.94. The molecule has 2 N–H and O–H groups in total. The molecule has 0 radical (unpaired) electrons. The van der Waals surface area contributed by atoms with Crippen molar-refractivity contribution < 1.29 is 26.4 Å². The second kappa shape index (κ2) is 11.5. The molecule has 1 aromatic heterocycles. The lowest BCUT2D eigenvalue weighted by Crippen LogP contribution is -2.40. The molecule has 0 spiro atoms. The molecule has 0 aliphatic heterocycles. The second-order valence-corrected chi connectivity index (χ2v) is 14.5. The van der Waals surface area contributed by atoms with Gasteiger partial charge < -0.3 is 5.32 Å². The van der Waals surface area contributed by atoms with Crippen molar-refractivity contribution in [3.63, 3.8) is 0 Å². The molecule has 1 aliphatic rings. The number of nitrogens with zero attached hydrogens (tertiary/aromatic N) is 4. The topological polar surface area (TPSA) is 151 Å². The molecule has 1 aliphatic carbocycles. The van der Waals surface area contributed by atoms with E-state index in [1.165, 1.54) is 30.1 Å². The number of nitrogens with one attached hydrogen (secondary N) is 2. The summed E-state index contributed by atoms with van der Waals surface area (Å²) >= 11 is 3.41. The van der Waals surface area contributed by atoms with E-state index in [1.54, 1.807) is 6.07 Å². The Morgan fingerprint density at radius 2 is 1.75 bits per heavy atom. The predicted octanol–water partition coefficient (Wildman–Crippen LogP) is 2.49. The SMILES string of the molecule is CNC(=O)c1c2cc(C3CC3)c(N(CCCC(=O)NS(=O)(=O)N(C)C)S(C)(=O)=O)cc2nn1-c1ccc(Br)cc1. The minimum absolute atomic E-state index is 0.0464. The fraction of sp³-hybridized carbons (Fsp3) is 0.400. The van der Waals surface area contributed by atoms with Gasteiger partial charge in [0, 0.05) is 44.0 Å². The summed E-state index contributed by atoms with van der Waals surface area (Å²) in [7, 11) is -3.60. The first-order valence-electron chi connectivity index (χ1n) is 12.5. The Labute approximate surface area is 242 Å². The van der Waals surface area contributed by atoms with Gasteiger partial charge in [-0.25, -0.2) is 17.8 Å². The van der Waals surface area contributed by atoms with E-state index in [-0.39, 0.29) is 31.2 Å². The maximum absolute atomic E-state index is 13.0. The lowest BCUT2D eigenvalue weighted by atomic mass is 10.0. The molecule has 1 heterocycles. The van der Waals surface area contributed by atoms with Gasteiger partial charge in [0.05, 0.1) is 23.1 Å². The molecule has 0 unspecified atom stereocenters. The van der Waals surface area contributed by atoms with Crippen LogP contribution in [0.25, 0.3) is 16.6 Å². The summed E-state index contributed by atoms with van der Waals surface area (Å²) in [5.74, 6) is -0.951. The van der Waals surface area contributed by atoms with Crippen LogP contribution in [0.5, 0.6) is 0 Å². The summed E-state index contributed by atoms with van der Waals surface area (Å²) in [6, 6.07) is 10.8. The van der Waals surface area contributed by atoms with Crippen molar-refractivity contribution in [1.82, 2.24) is 24.1 Å². The zero-order valence-electron chi connectivity index (χ0n) is 22.5. The van der Waals surface area contributed by atoms with Gasteiger partial charge in [-0.3, -0.25) is 13.9 Å². The highest BCUT2D eigenvalue weighted by Crippen LogP contribution is 2.46. The summed E-state index contributed by atoms with van der Waals surface area (Å²) in [4.78, 5) is 25.2. The van der Waals surface area contributed by atoms with Crippen molar-refractivity contribution >= 4 is 64.6 Å². The van der Waals surface area contributed by atoms with Gasteiger partial charge in [0.15, 0.2) is 0 Å². The third kappa shape index (κ3) is 6.48. The van der Waals surface area contributed by atoms with Gasteiger partial charge in [-0.1, -0.05) is 15.9 Å². The Kier molecular flexibility index (Phi) is 8.59. The van der Waals surface area contributed by atoms with Crippen molar-refractivity contribution in [1.29, 1.82) is 0 Å². The number of rotatable bonds is 11. The first-order chi connectivity index (χ1) is 18.7. The Balaban J connectivity index is 1.75. The van der Waals surface area contributed by atoms with Gasteiger partial charge in [0.2, 0.25) is 15.9 Å². The van der Waals surface area contributed by atoms with Gasteiger partial charge in [-0.15, -0.1) is 0 Å². The van der Waals surface area contributed by atoms with Crippen LogP contribution in [0.3, 0.4) is 0 Å². The number of benzene rings is 2. The summed E-state index contributed by atoms with van der Waals surface area (Å²) in [5.41, 5.74) is 2.63. The molecule has 15 heteroatoms. The van der Waals surface area contributed by atoms with Gasteiger partial charge in [-0.05, 0) is 67.1 Å². The van der Waals surface area contributed by atoms with Crippen LogP contribution in [0.4, 0.5) is 5.69 Å². The van der Waals surface area contributed by atoms with Crippen molar-refractivity contribution in [2.45, 2.75) is 31.6 Å². The van der Waals surface area contributed by atoms with E-state index < -0.39 is 26.1 Å². The van der Waals surface area contributed by atoms with Gasteiger partial charge >= 0.3 is 10.2 Å². The molecule has 2 amide bonds. The van der Waals surface area contributed by atoms with Crippen LogP contribution in [0, 0.1) is 0 Å². The lowest BCUT2D eigenvalue weighted by molar-refractivity contribution is -0.119. The number of carbonyl (C=O) groups excluding carboxylic acids is 2. The quantitative estimate of drug-likeness (QED) is 0.322. The highest BCUT2D eigenvalue weighted by atomic mass is 79.9. The average Bonchev–Trinajstić information content (AvgIpc) is 3.65. The number of sulfonamides is 1. The predicted molar refractivity (Wildman–Crippen MR) is 156 cm³/mol. The standard InChI is InChI=1S/C25H31BrN6O6S2/c1-27-25(34)24-20-14-19(16-7-8-16)22(15-21(20)28-32(24)18-11-9-17(26)10-12-18)31(39(4,35)36)13-5-6-23(33)29-40(37,38)30(2)3/h9-12,14-16H,5-8,13H2,1-4H3,(H,27,34)(H,29,33). The van der Waals surface area contributed by atoms with Crippen LogP contribution < -0.4 is 14.3 Å². The molecule has 2 aromatic carbocycles. The molecule has 0 bridgehead atoms. The van der Waals surface area contributed by atoms with Crippen molar-refractivity contribution in [2.75, 3.05) is 38.2 Å². The first-order valence-corrected chi connectivity index (χ1v) is 16.6. The monoisotopic (exact) mass is 654 g/mol. The molecule has 3 aromatic rings. The molecule has 0 atom stereocenters. The van der Waals surface area contributed by atoms with E-state index in [9.17, 15) is 26.4 Å². The zero-order valence-corrected chi connectivity index (χ0v) is 25.7.